The van der Waals surface area contributed by atoms with Crippen LogP contribution in [0, 0.1) is 28.4 Å². The molecular formula is C15H12BrN3O2. The molecule has 0 spiro atoms. The summed E-state index contributed by atoms with van der Waals surface area (Å²) in [4.78, 5) is 10.2. The molecule has 0 saturated heterocycles. The summed E-state index contributed by atoms with van der Waals surface area (Å²) in [6.45, 7) is 2.54. The number of nitro benzene ring substituents is 1. The molecule has 2 rings (SSSR count). The number of nitrogens with one attached hydrogen (secondary N) is 1. The summed E-state index contributed by atoms with van der Waals surface area (Å²) >= 11 is 3.47. The second-order valence-electron chi connectivity index (χ2n) is 4.54. The average Bonchev–Trinajstić information content (AvgIpc) is 2.48. The molecule has 0 bridgehead atoms. The quantitative estimate of drug-likeness (QED) is 0.666. The Bertz CT molecular complexity index is 738. The van der Waals surface area contributed by atoms with E-state index in [-0.39, 0.29) is 11.3 Å². The van der Waals surface area contributed by atoms with Crippen LogP contribution in [0.2, 0.25) is 0 Å². The molecule has 0 atom stereocenters. The Balaban J connectivity index is 2.18. The van der Waals surface area contributed by atoms with Crippen LogP contribution in [0.4, 0.5) is 11.4 Å². The maximum absolute atomic E-state index is 10.7. The zero-order valence-electron chi connectivity index (χ0n) is 11.3. The first kappa shape index (κ1) is 15.0. The Morgan fingerprint density at radius 1 is 1.33 bits per heavy atom. The summed E-state index contributed by atoms with van der Waals surface area (Å²) < 4.78 is 1.02. The topological polar surface area (TPSA) is 79.0 Å². The van der Waals surface area contributed by atoms with Crippen molar-refractivity contribution in [2.75, 3.05) is 5.32 Å². The van der Waals surface area contributed by atoms with Crippen molar-refractivity contribution in [3.05, 3.63) is 67.7 Å². The minimum atomic E-state index is -0.512. The smallest absolute Gasteiger partial charge is 0.270 e. The minimum Gasteiger partial charge on any atom is -0.380 e. The lowest BCUT2D eigenvalue weighted by atomic mass is 10.1. The highest BCUT2D eigenvalue weighted by Gasteiger charge is 2.10. The third-order valence-electron chi connectivity index (χ3n) is 3.05. The molecule has 0 fully saturated rings. The number of nitro groups is 1. The molecule has 0 aliphatic carbocycles. The van der Waals surface area contributed by atoms with Crippen LogP contribution in [0.25, 0.3) is 0 Å². The van der Waals surface area contributed by atoms with E-state index in [4.69, 9.17) is 5.26 Å². The first-order valence-corrected chi connectivity index (χ1v) is 6.98. The van der Waals surface area contributed by atoms with E-state index < -0.39 is 4.92 Å². The lowest BCUT2D eigenvalue weighted by Gasteiger charge is -2.09. The van der Waals surface area contributed by atoms with E-state index in [2.05, 4.69) is 21.2 Å². The van der Waals surface area contributed by atoms with Crippen LogP contribution in [0.15, 0.2) is 40.9 Å². The van der Waals surface area contributed by atoms with Gasteiger partial charge in [-0.1, -0.05) is 28.1 Å². The van der Waals surface area contributed by atoms with Gasteiger partial charge in [0, 0.05) is 23.2 Å². The predicted octanol–water partition coefficient (Wildman–Crippen LogP) is 4.15. The second-order valence-corrected chi connectivity index (χ2v) is 5.39. The summed E-state index contributed by atoms with van der Waals surface area (Å²) in [5.74, 6) is 0. The molecule has 0 radical (unpaired) electrons. The summed E-state index contributed by atoms with van der Waals surface area (Å²) in [5, 5.41) is 22.9. The molecule has 0 aliphatic rings. The molecule has 106 valence electrons. The summed E-state index contributed by atoms with van der Waals surface area (Å²) in [6, 6.07) is 12.2. The van der Waals surface area contributed by atoms with Crippen LogP contribution in [-0.4, -0.2) is 4.92 Å². The molecule has 0 unspecified atom stereocenters. The molecule has 0 amide bonds. The molecule has 0 heterocycles. The number of hydrogen-bond acceptors (Lipinski definition) is 4. The van der Waals surface area contributed by atoms with Gasteiger partial charge in [0.1, 0.15) is 6.07 Å². The molecule has 0 aliphatic heterocycles. The number of benzene rings is 2. The van der Waals surface area contributed by atoms with Gasteiger partial charge >= 0.3 is 0 Å². The van der Waals surface area contributed by atoms with E-state index in [1.165, 1.54) is 12.1 Å². The van der Waals surface area contributed by atoms with Crippen molar-refractivity contribution in [2.24, 2.45) is 0 Å². The van der Waals surface area contributed by atoms with Crippen molar-refractivity contribution < 1.29 is 4.92 Å². The van der Waals surface area contributed by atoms with E-state index in [1.54, 1.807) is 6.07 Å². The third kappa shape index (κ3) is 3.58. The normalized spacial score (nSPS) is 9.95. The fourth-order valence-electron chi connectivity index (χ4n) is 1.84. The zero-order chi connectivity index (χ0) is 15.4. The van der Waals surface area contributed by atoms with Gasteiger partial charge in [0.05, 0.1) is 16.2 Å². The Kier molecular flexibility index (Phi) is 4.55. The number of anilines is 1. The lowest BCUT2D eigenvalue weighted by Crippen LogP contribution is -2.02. The molecule has 2 aromatic carbocycles. The highest BCUT2D eigenvalue weighted by Crippen LogP contribution is 2.23. The summed E-state index contributed by atoms with van der Waals surface area (Å²) in [7, 11) is 0. The van der Waals surface area contributed by atoms with Gasteiger partial charge in [-0.2, -0.15) is 5.26 Å². The second kappa shape index (κ2) is 6.37. The highest BCUT2D eigenvalue weighted by molar-refractivity contribution is 9.10. The van der Waals surface area contributed by atoms with Crippen LogP contribution in [0.5, 0.6) is 0 Å². The van der Waals surface area contributed by atoms with Gasteiger partial charge < -0.3 is 5.32 Å². The third-order valence-corrected chi connectivity index (χ3v) is 3.91. The molecule has 6 heteroatoms. The largest absolute Gasteiger partial charge is 0.380 e. The predicted molar refractivity (Wildman–Crippen MR) is 84.0 cm³/mol. The van der Waals surface area contributed by atoms with Gasteiger partial charge in [-0.25, -0.2) is 0 Å². The van der Waals surface area contributed by atoms with Crippen molar-refractivity contribution in [2.45, 2.75) is 13.5 Å². The number of hydrogen-bond donors (Lipinski definition) is 1. The van der Waals surface area contributed by atoms with Crippen LogP contribution < -0.4 is 5.32 Å². The van der Waals surface area contributed by atoms with E-state index >= 15 is 0 Å². The molecule has 1 N–H and O–H groups in total. The van der Waals surface area contributed by atoms with Crippen molar-refractivity contribution in [1.29, 1.82) is 5.26 Å². The first-order valence-electron chi connectivity index (χ1n) is 6.18. The van der Waals surface area contributed by atoms with Gasteiger partial charge in [0.15, 0.2) is 0 Å². The molecule has 5 nitrogen and oxygen atoms in total. The fraction of sp³-hybridized carbons (Fsp3) is 0.133. The number of halogens is 1. The number of nitrogens with zero attached hydrogens (tertiary/aromatic N) is 2. The monoisotopic (exact) mass is 345 g/mol. The molecule has 0 aromatic heterocycles. The Morgan fingerprint density at radius 2 is 2.10 bits per heavy atom. The zero-order valence-corrected chi connectivity index (χ0v) is 12.8. The highest BCUT2D eigenvalue weighted by atomic mass is 79.9. The molecular weight excluding hydrogens is 334 g/mol. The molecule has 21 heavy (non-hydrogen) atoms. The fourth-order valence-corrected chi connectivity index (χ4v) is 2.26. The Morgan fingerprint density at radius 3 is 2.71 bits per heavy atom. The maximum atomic E-state index is 10.7. The lowest BCUT2D eigenvalue weighted by molar-refractivity contribution is -0.384. The standard InChI is InChI=1S/C15H12BrN3O2/c1-10-2-3-11(6-14(10)16)9-18-15-5-4-13(19(20)21)7-12(15)8-17/h2-7,18H,9H2,1H3. The van der Waals surface area contributed by atoms with Gasteiger partial charge in [-0.15, -0.1) is 0 Å². The van der Waals surface area contributed by atoms with E-state index in [9.17, 15) is 10.1 Å². The summed E-state index contributed by atoms with van der Waals surface area (Å²) in [5.41, 5.74) is 2.95. The number of rotatable bonds is 4. The Labute approximate surface area is 130 Å². The average molecular weight is 346 g/mol. The van der Waals surface area contributed by atoms with E-state index in [0.29, 0.717) is 12.2 Å². The minimum absolute atomic E-state index is 0.0878. The maximum Gasteiger partial charge on any atom is 0.270 e. The molecule has 2 aromatic rings. The van der Waals surface area contributed by atoms with E-state index in [1.807, 2.05) is 31.2 Å². The SMILES string of the molecule is Cc1ccc(CNc2ccc([N+](=O)[O-])cc2C#N)cc1Br. The van der Waals surface area contributed by atoms with Crippen molar-refractivity contribution in [3.63, 3.8) is 0 Å². The molecule has 0 saturated carbocycles. The Hall–Kier alpha value is -2.39. The van der Waals surface area contributed by atoms with Crippen LogP contribution in [0.1, 0.15) is 16.7 Å². The van der Waals surface area contributed by atoms with Crippen LogP contribution >= 0.6 is 15.9 Å². The van der Waals surface area contributed by atoms with Gasteiger partial charge in [0.25, 0.3) is 5.69 Å². The number of non-ortho nitro benzene ring substituents is 1. The van der Waals surface area contributed by atoms with Gasteiger partial charge in [-0.05, 0) is 30.2 Å². The van der Waals surface area contributed by atoms with Gasteiger partial charge in [-0.3, -0.25) is 10.1 Å². The van der Waals surface area contributed by atoms with Crippen LogP contribution in [-0.2, 0) is 6.54 Å². The van der Waals surface area contributed by atoms with Crippen LogP contribution in [0.3, 0.4) is 0 Å². The van der Waals surface area contributed by atoms with E-state index in [0.717, 1.165) is 15.6 Å². The summed E-state index contributed by atoms with van der Waals surface area (Å²) in [6.07, 6.45) is 0. The number of nitriles is 1. The van der Waals surface area contributed by atoms with Crippen molar-refractivity contribution in [1.82, 2.24) is 0 Å². The van der Waals surface area contributed by atoms with Crippen molar-refractivity contribution >= 4 is 27.3 Å². The first-order chi connectivity index (χ1) is 10.0. The van der Waals surface area contributed by atoms with Gasteiger partial charge in [0.2, 0.25) is 0 Å². The number of aryl methyl sites for hydroxylation is 1. The van der Waals surface area contributed by atoms with Crippen molar-refractivity contribution in [3.8, 4) is 6.07 Å².